The Morgan fingerprint density at radius 1 is 1.62 bits per heavy atom. The van der Waals surface area contributed by atoms with Crippen molar-refractivity contribution >= 4 is 11.8 Å². The fraction of sp³-hybridized carbons (Fsp3) is 0.818. The normalized spacial score (nSPS) is 17.6. The highest BCUT2D eigenvalue weighted by Gasteiger charge is 2.30. The van der Waals surface area contributed by atoms with Crippen molar-refractivity contribution in [2.45, 2.75) is 37.4 Å². The SMILES string of the molecule is CCCNC(CSc1ncnn1C)C1CC1. The van der Waals surface area contributed by atoms with Crippen molar-refractivity contribution in [3.05, 3.63) is 6.33 Å². The Kier molecular flexibility index (Phi) is 4.23. The van der Waals surface area contributed by atoms with Crippen LogP contribution in [0.1, 0.15) is 26.2 Å². The molecule has 1 N–H and O–H groups in total. The van der Waals surface area contributed by atoms with E-state index in [0.717, 1.165) is 23.4 Å². The average Bonchev–Trinajstić information content (AvgIpc) is 3.04. The van der Waals surface area contributed by atoms with Crippen molar-refractivity contribution in [3.8, 4) is 0 Å². The second-order valence-corrected chi connectivity index (χ2v) is 5.36. The summed E-state index contributed by atoms with van der Waals surface area (Å²) in [5.41, 5.74) is 0. The van der Waals surface area contributed by atoms with E-state index in [0.29, 0.717) is 6.04 Å². The highest BCUT2D eigenvalue weighted by molar-refractivity contribution is 7.99. The molecule has 2 rings (SSSR count). The lowest BCUT2D eigenvalue weighted by Gasteiger charge is -2.16. The molecular formula is C11H20N4S. The predicted molar refractivity (Wildman–Crippen MR) is 66.5 cm³/mol. The zero-order chi connectivity index (χ0) is 11.4. The van der Waals surface area contributed by atoms with Crippen LogP contribution in [0.15, 0.2) is 11.5 Å². The molecule has 0 aromatic carbocycles. The lowest BCUT2D eigenvalue weighted by molar-refractivity contribution is 0.502. The molecule has 1 heterocycles. The molecule has 16 heavy (non-hydrogen) atoms. The minimum atomic E-state index is 0.654. The number of aryl methyl sites for hydroxylation is 1. The second-order valence-electron chi connectivity index (χ2n) is 4.38. The summed E-state index contributed by atoms with van der Waals surface area (Å²) in [6.45, 7) is 3.34. The van der Waals surface area contributed by atoms with Gasteiger partial charge in [0.05, 0.1) is 0 Å². The molecule has 0 saturated heterocycles. The molecule has 1 aliphatic rings. The lowest BCUT2D eigenvalue weighted by atomic mass is 10.2. The van der Waals surface area contributed by atoms with Crippen molar-refractivity contribution in [2.75, 3.05) is 12.3 Å². The number of hydrogen-bond acceptors (Lipinski definition) is 4. The monoisotopic (exact) mass is 240 g/mol. The van der Waals surface area contributed by atoms with E-state index in [1.54, 1.807) is 6.33 Å². The molecular weight excluding hydrogens is 220 g/mol. The van der Waals surface area contributed by atoms with Crippen molar-refractivity contribution in [1.29, 1.82) is 0 Å². The van der Waals surface area contributed by atoms with Crippen LogP contribution in [-0.2, 0) is 7.05 Å². The maximum absolute atomic E-state index is 4.23. The van der Waals surface area contributed by atoms with E-state index in [1.165, 1.54) is 19.3 Å². The van der Waals surface area contributed by atoms with E-state index >= 15 is 0 Å². The average molecular weight is 240 g/mol. The van der Waals surface area contributed by atoms with Gasteiger partial charge in [-0.2, -0.15) is 5.10 Å². The number of thioether (sulfide) groups is 1. The first kappa shape index (κ1) is 11.9. The molecule has 5 heteroatoms. The molecule has 0 aliphatic heterocycles. The fourth-order valence-electron chi connectivity index (χ4n) is 1.77. The fourth-order valence-corrected chi connectivity index (χ4v) is 2.84. The molecule has 1 fully saturated rings. The Hall–Kier alpha value is -0.550. The van der Waals surface area contributed by atoms with Crippen molar-refractivity contribution < 1.29 is 0 Å². The van der Waals surface area contributed by atoms with Gasteiger partial charge in [0.1, 0.15) is 6.33 Å². The standard InChI is InChI=1S/C11H20N4S/c1-3-6-12-10(9-4-5-9)7-16-11-13-8-14-15(11)2/h8-10,12H,3-7H2,1-2H3. The van der Waals surface area contributed by atoms with Crippen molar-refractivity contribution in [1.82, 2.24) is 20.1 Å². The highest BCUT2D eigenvalue weighted by atomic mass is 32.2. The number of aromatic nitrogens is 3. The van der Waals surface area contributed by atoms with E-state index in [2.05, 4.69) is 22.3 Å². The van der Waals surface area contributed by atoms with Gasteiger partial charge >= 0.3 is 0 Å². The highest BCUT2D eigenvalue weighted by Crippen LogP contribution is 2.34. The third kappa shape index (κ3) is 3.22. The number of nitrogens with zero attached hydrogens (tertiary/aromatic N) is 3. The molecule has 1 unspecified atom stereocenters. The summed E-state index contributed by atoms with van der Waals surface area (Å²) in [6, 6.07) is 0.654. The summed E-state index contributed by atoms with van der Waals surface area (Å²) < 4.78 is 1.84. The zero-order valence-corrected chi connectivity index (χ0v) is 10.8. The van der Waals surface area contributed by atoms with E-state index in [4.69, 9.17) is 0 Å². The maximum atomic E-state index is 4.23. The summed E-state index contributed by atoms with van der Waals surface area (Å²) in [5.74, 6) is 2.00. The third-order valence-electron chi connectivity index (χ3n) is 2.91. The Labute approximate surface area is 101 Å². The minimum absolute atomic E-state index is 0.654. The molecule has 1 aromatic rings. The number of rotatable bonds is 7. The zero-order valence-electron chi connectivity index (χ0n) is 10.0. The lowest BCUT2D eigenvalue weighted by Crippen LogP contribution is -2.34. The molecule has 1 aromatic heterocycles. The van der Waals surface area contributed by atoms with Gasteiger partial charge in [-0.25, -0.2) is 9.67 Å². The second kappa shape index (κ2) is 5.68. The molecule has 1 atom stereocenters. The predicted octanol–water partition coefficient (Wildman–Crippen LogP) is 1.69. The van der Waals surface area contributed by atoms with E-state index in [-0.39, 0.29) is 0 Å². The van der Waals surface area contributed by atoms with Gasteiger partial charge in [0.25, 0.3) is 0 Å². The smallest absolute Gasteiger partial charge is 0.185 e. The topological polar surface area (TPSA) is 42.7 Å². The molecule has 1 aliphatic carbocycles. The van der Waals surface area contributed by atoms with Crippen LogP contribution in [0.25, 0.3) is 0 Å². The van der Waals surface area contributed by atoms with Crippen molar-refractivity contribution in [2.24, 2.45) is 13.0 Å². The quantitative estimate of drug-likeness (QED) is 0.737. The molecule has 0 radical (unpaired) electrons. The van der Waals surface area contributed by atoms with Crippen LogP contribution in [0, 0.1) is 5.92 Å². The number of hydrogen-bond donors (Lipinski definition) is 1. The first-order valence-corrected chi connectivity index (χ1v) is 7.00. The Bertz CT molecular complexity index is 322. The largest absolute Gasteiger partial charge is 0.313 e. The van der Waals surface area contributed by atoms with Crippen LogP contribution in [0.5, 0.6) is 0 Å². The summed E-state index contributed by atoms with van der Waals surface area (Å²) >= 11 is 1.81. The van der Waals surface area contributed by atoms with Crippen molar-refractivity contribution in [3.63, 3.8) is 0 Å². The Morgan fingerprint density at radius 3 is 3.00 bits per heavy atom. The van der Waals surface area contributed by atoms with Gasteiger partial charge < -0.3 is 5.32 Å². The minimum Gasteiger partial charge on any atom is -0.313 e. The Morgan fingerprint density at radius 2 is 2.44 bits per heavy atom. The molecule has 90 valence electrons. The summed E-state index contributed by atoms with van der Waals surface area (Å²) in [7, 11) is 1.95. The van der Waals surface area contributed by atoms with Crippen LogP contribution in [0.3, 0.4) is 0 Å². The maximum Gasteiger partial charge on any atom is 0.185 e. The van der Waals surface area contributed by atoms with Gasteiger partial charge in [0, 0.05) is 18.8 Å². The molecule has 4 nitrogen and oxygen atoms in total. The van der Waals surface area contributed by atoms with Crippen LogP contribution in [0.4, 0.5) is 0 Å². The molecule has 1 saturated carbocycles. The first-order valence-electron chi connectivity index (χ1n) is 6.01. The third-order valence-corrected chi connectivity index (χ3v) is 4.06. The van der Waals surface area contributed by atoms with Crippen LogP contribution in [0.2, 0.25) is 0 Å². The Balaban J connectivity index is 1.79. The van der Waals surface area contributed by atoms with E-state index < -0.39 is 0 Å². The van der Waals surface area contributed by atoms with Gasteiger partial charge in [-0.15, -0.1) is 0 Å². The van der Waals surface area contributed by atoms with Crippen LogP contribution in [-0.4, -0.2) is 33.1 Å². The number of nitrogens with one attached hydrogen (secondary N) is 1. The van der Waals surface area contributed by atoms with E-state index in [9.17, 15) is 0 Å². The summed E-state index contributed by atoms with van der Waals surface area (Å²) in [5, 5.41) is 8.73. The van der Waals surface area contributed by atoms with Gasteiger partial charge in [0.15, 0.2) is 5.16 Å². The summed E-state index contributed by atoms with van der Waals surface area (Å²) in [4.78, 5) is 4.23. The van der Waals surface area contributed by atoms with Gasteiger partial charge in [-0.3, -0.25) is 0 Å². The molecule has 0 bridgehead atoms. The van der Waals surface area contributed by atoms with Crippen LogP contribution >= 0.6 is 11.8 Å². The van der Waals surface area contributed by atoms with Gasteiger partial charge in [-0.1, -0.05) is 18.7 Å². The van der Waals surface area contributed by atoms with Gasteiger partial charge in [-0.05, 0) is 31.7 Å². The van der Waals surface area contributed by atoms with E-state index in [1.807, 2.05) is 23.5 Å². The van der Waals surface area contributed by atoms with Crippen LogP contribution < -0.4 is 5.32 Å². The van der Waals surface area contributed by atoms with Gasteiger partial charge in [0.2, 0.25) is 0 Å². The first-order chi connectivity index (χ1) is 7.81. The molecule has 0 amide bonds. The summed E-state index contributed by atoms with van der Waals surface area (Å²) in [6.07, 6.45) is 5.60. The molecule has 0 spiro atoms.